The third-order valence-corrected chi connectivity index (χ3v) is 3.25. The summed E-state index contributed by atoms with van der Waals surface area (Å²) < 4.78 is 0. The van der Waals surface area contributed by atoms with Crippen molar-refractivity contribution in [3.63, 3.8) is 0 Å². The quantitative estimate of drug-likeness (QED) is 0.684. The number of hydrogen-bond donors (Lipinski definition) is 3. The molecular formula is C13H19NO2. The van der Waals surface area contributed by atoms with Crippen LogP contribution in [0.15, 0.2) is 12.1 Å². The summed E-state index contributed by atoms with van der Waals surface area (Å²) in [6.45, 7) is 3.21. The van der Waals surface area contributed by atoms with Gasteiger partial charge in [0.2, 0.25) is 0 Å². The molecule has 1 aliphatic rings. The zero-order valence-electron chi connectivity index (χ0n) is 9.66. The maximum atomic E-state index is 9.74. The van der Waals surface area contributed by atoms with Gasteiger partial charge in [-0.3, -0.25) is 0 Å². The highest BCUT2D eigenvalue weighted by Gasteiger charge is 2.21. The standard InChI is InChI=1S/C13H19NO2/c1-2-7-14-10-4-5-11-9(8-10)3-6-12(15)13(11)16/h3,6,10,14-16H,2,4-5,7-8H2,1H3. The van der Waals surface area contributed by atoms with Gasteiger partial charge in [0.1, 0.15) is 0 Å². The topological polar surface area (TPSA) is 52.5 Å². The predicted octanol–water partition coefficient (Wildman–Crippen LogP) is 1.95. The Bertz CT molecular complexity index is 376. The van der Waals surface area contributed by atoms with E-state index in [1.54, 1.807) is 6.07 Å². The van der Waals surface area contributed by atoms with Crippen molar-refractivity contribution in [2.45, 2.75) is 38.6 Å². The van der Waals surface area contributed by atoms with Crippen LogP contribution in [0, 0.1) is 0 Å². The molecule has 1 atom stereocenters. The first-order valence-corrected chi connectivity index (χ1v) is 5.98. The van der Waals surface area contributed by atoms with E-state index < -0.39 is 0 Å². The average Bonchev–Trinajstić information content (AvgIpc) is 2.31. The number of phenols is 2. The number of aromatic hydroxyl groups is 2. The molecule has 3 N–H and O–H groups in total. The van der Waals surface area contributed by atoms with Crippen LogP contribution in [0.2, 0.25) is 0 Å². The van der Waals surface area contributed by atoms with Crippen LogP contribution in [-0.4, -0.2) is 22.8 Å². The second-order valence-corrected chi connectivity index (χ2v) is 4.46. The Labute approximate surface area is 96.1 Å². The second-order valence-electron chi connectivity index (χ2n) is 4.46. The van der Waals surface area contributed by atoms with Gasteiger partial charge in [-0.25, -0.2) is 0 Å². The van der Waals surface area contributed by atoms with Gasteiger partial charge in [0.15, 0.2) is 11.5 Å². The summed E-state index contributed by atoms with van der Waals surface area (Å²) in [4.78, 5) is 0. The molecule has 0 radical (unpaired) electrons. The molecule has 0 fully saturated rings. The van der Waals surface area contributed by atoms with Gasteiger partial charge >= 0.3 is 0 Å². The third kappa shape index (κ3) is 2.14. The molecule has 0 aliphatic heterocycles. The summed E-state index contributed by atoms with van der Waals surface area (Å²) in [5, 5.41) is 22.7. The average molecular weight is 221 g/mol. The van der Waals surface area contributed by atoms with E-state index in [-0.39, 0.29) is 11.5 Å². The van der Waals surface area contributed by atoms with Crippen LogP contribution in [0.25, 0.3) is 0 Å². The van der Waals surface area contributed by atoms with E-state index >= 15 is 0 Å². The van der Waals surface area contributed by atoms with Crippen LogP contribution in [0.4, 0.5) is 0 Å². The molecule has 0 aromatic heterocycles. The Morgan fingerprint density at radius 3 is 2.94 bits per heavy atom. The second kappa shape index (κ2) is 4.74. The summed E-state index contributed by atoms with van der Waals surface area (Å²) in [5.74, 6) is 0.0742. The number of hydrogen-bond acceptors (Lipinski definition) is 3. The molecule has 88 valence electrons. The minimum Gasteiger partial charge on any atom is -0.504 e. The van der Waals surface area contributed by atoms with Crippen molar-refractivity contribution in [3.05, 3.63) is 23.3 Å². The molecule has 0 heterocycles. The minimum absolute atomic E-state index is 0.00119. The van der Waals surface area contributed by atoms with E-state index in [2.05, 4.69) is 12.2 Å². The van der Waals surface area contributed by atoms with Gasteiger partial charge in [0.05, 0.1) is 0 Å². The molecular weight excluding hydrogens is 202 g/mol. The Balaban J connectivity index is 2.13. The fourth-order valence-corrected chi connectivity index (χ4v) is 2.34. The van der Waals surface area contributed by atoms with Crippen molar-refractivity contribution in [2.24, 2.45) is 0 Å². The molecule has 0 bridgehead atoms. The van der Waals surface area contributed by atoms with Crippen molar-refractivity contribution in [2.75, 3.05) is 6.54 Å². The highest BCUT2D eigenvalue weighted by Crippen LogP contribution is 2.35. The van der Waals surface area contributed by atoms with Crippen LogP contribution in [0.1, 0.15) is 30.9 Å². The lowest BCUT2D eigenvalue weighted by Gasteiger charge is -2.26. The number of nitrogens with one attached hydrogen (secondary N) is 1. The van der Waals surface area contributed by atoms with Gasteiger partial charge in [-0.1, -0.05) is 13.0 Å². The Morgan fingerprint density at radius 2 is 2.19 bits per heavy atom. The molecule has 3 nitrogen and oxygen atoms in total. The van der Waals surface area contributed by atoms with Gasteiger partial charge in [0.25, 0.3) is 0 Å². The van der Waals surface area contributed by atoms with Crippen molar-refractivity contribution in [3.8, 4) is 11.5 Å². The molecule has 0 spiro atoms. The molecule has 1 aliphatic carbocycles. The largest absolute Gasteiger partial charge is 0.504 e. The van der Waals surface area contributed by atoms with Crippen LogP contribution in [0.3, 0.4) is 0 Å². The van der Waals surface area contributed by atoms with Crippen molar-refractivity contribution in [1.82, 2.24) is 5.32 Å². The fourth-order valence-electron chi connectivity index (χ4n) is 2.34. The lowest BCUT2D eigenvalue weighted by Crippen LogP contribution is -2.34. The van der Waals surface area contributed by atoms with E-state index in [0.29, 0.717) is 6.04 Å². The summed E-state index contributed by atoms with van der Waals surface area (Å²) in [6.07, 6.45) is 3.97. The highest BCUT2D eigenvalue weighted by molar-refractivity contribution is 5.50. The molecule has 0 amide bonds. The Kier molecular flexibility index (Phi) is 3.34. The number of phenolic OH excluding ortho intramolecular Hbond substituents is 2. The molecule has 0 saturated heterocycles. The lowest BCUT2D eigenvalue weighted by molar-refractivity contribution is 0.388. The van der Waals surface area contributed by atoms with Gasteiger partial charge in [-0.05, 0) is 43.9 Å². The van der Waals surface area contributed by atoms with Crippen molar-refractivity contribution >= 4 is 0 Å². The Hall–Kier alpha value is -1.22. The molecule has 0 saturated carbocycles. The monoisotopic (exact) mass is 221 g/mol. The molecule has 16 heavy (non-hydrogen) atoms. The summed E-state index contributed by atoms with van der Waals surface area (Å²) in [7, 11) is 0. The zero-order chi connectivity index (χ0) is 11.5. The van der Waals surface area contributed by atoms with Gasteiger partial charge in [-0.2, -0.15) is 0 Å². The normalized spacial score (nSPS) is 19.4. The predicted molar refractivity (Wildman–Crippen MR) is 63.9 cm³/mol. The highest BCUT2D eigenvalue weighted by atomic mass is 16.3. The lowest BCUT2D eigenvalue weighted by atomic mass is 9.87. The first kappa shape index (κ1) is 11.3. The van der Waals surface area contributed by atoms with E-state index in [0.717, 1.165) is 43.4 Å². The zero-order valence-corrected chi connectivity index (χ0v) is 9.66. The van der Waals surface area contributed by atoms with Crippen molar-refractivity contribution < 1.29 is 10.2 Å². The van der Waals surface area contributed by atoms with Crippen LogP contribution >= 0.6 is 0 Å². The maximum absolute atomic E-state index is 9.74. The molecule has 1 aromatic carbocycles. The van der Waals surface area contributed by atoms with Crippen LogP contribution < -0.4 is 5.32 Å². The summed E-state index contributed by atoms with van der Waals surface area (Å²) in [6, 6.07) is 4.01. The SMILES string of the molecule is CCCNC1CCc2c(ccc(O)c2O)C1. The van der Waals surface area contributed by atoms with E-state index in [1.165, 1.54) is 0 Å². The summed E-state index contributed by atoms with van der Waals surface area (Å²) >= 11 is 0. The molecule has 1 aromatic rings. The number of rotatable bonds is 3. The molecule has 1 unspecified atom stereocenters. The number of benzene rings is 1. The minimum atomic E-state index is -0.00119. The smallest absolute Gasteiger partial charge is 0.160 e. The maximum Gasteiger partial charge on any atom is 0.160 e. The van der Waals surface area contributed by atoms with E-state index in [1.807, 2.05) is 6.07 Å². The third-order valence-electron chi connectivity index (χ3n) is 3.25. The summed E-state index contributed by atoms with van der Waals surface area (Å²) in [5.41, 5.74) is 2.09. The molecule has 3 heteroatoms. The van der Waals surface area contributed by atoms with Crippen molar-refractivity contribution in [1.29, 1.82) is 0 Å². The van der Waals surface area contributed by atoms with Gasteiger partial charge in [0, 0.05) is 11.6 Å². The van der Waals surface area contributed by atoms with E-state index in [4.69, 9.17) is 0 Å². The number of fused-ring (bicyclic) bond motifs is 1. The molecule has 2 rings (SSSR count). The van der Waals surface area contributed by atoms with E-state index in [9.17, 15) is 10.2 Å². The Morgan fingerprint density at radius 1 is 1.38 bits per heavy atom. The van der Waals surface area contributed by atoms with Gasteiger partial charge < -0.3 is 15.5 Å². The van der Waals surface area contributed by atoms with Crippen LogP contribution in [-0.2, 0) is 12.8 Å². The van der Waals surface area contributed by atoms with Crippen LogP contribution in [0.5, 0.6) is 11.5 Å². The first-order valence-electron chi connectivity index (χ1n) is 5.98. The first-order chi connectivity index (χ1) is 7.72. The van der Waals surface area contributed by atoms with Gasteiger partial charge in [-0.15, -0.1) is 0 Å². The fraction of sp³-hybridized carbons (Fsp3) is 0.538.